The Morgan fingerprint density at radius 1 is 1.17 bits per heavy atom. The standard InChI is InChI=1S/C20H37N5O3.HI/c1-9-20(10-2,24-18(26)27-19(5,6)7)13-23-17(21-8)22-12-11-16-14(3)25-28-15(16)4;/h9-13H2,1-8H3,(H,24,26)(H2,21,22,23);1H. The third kappa shape index (κ3) is 9.22. The molecule has 0 aliphatic heterocycles. The maximum absolute atomic E-state index is 12.3. The minimum Gasteiger partial charge on any atom is -0.444 e. The Balaban J connectivity index is 0.00000784. The van der Waals surface area contributed by atoms with Gasteiger partial charge in [0.15, 0.2) is 5.96 Å². The van der Waals surface area contributed by atoms with Gasteiger partial charge in [0.2, 0.25) is 0 Å². The van der Waals surface area contributed by atoms with Gasteiger partial charge in [0.05, 0.1) is 11.2 Å². The van der Waals surface area contributed by atoms with Gasteiger partial charge in [-0.05, 0) is 53.9 Å². The van der Waals surface area contributed by atoms with Crippen LogP contribution in [0.2, 0.25) is 0 Å². The minimum absolute atomic E-state index is 0. The predicted molar refractivity (Wildman–Crippen MR) is 127 cm³/mol. The number of guanidine groups is 1. The number of carbonyl (C=O) groups is 1. The molecule has 9 heteroatoms. The van der Waals surface area contributed by atoms with Crippen LogP contribution in [0, 0.1) is 13.8 Å². The van der Waals surface area contributed by atoms with Crippen LogP contribution in [0.15, 0.2) is 9.52 Å². The molecule has 1 aromatic rings. The van der Waals surface area contributed by atoms with Gasteiger partial charge in [0.1, 0.15) is 11.4 Å². The fourth-order valence-corrected chi connectivity index (χ4v) is 2.88. The van der Waals surface area contributed by atoms with Crippen molar-refractivity contribution in [2.75, 3.05) is 20.1 Å². The Kier molecular flexibility index (Phi) is 11.6. The third-order valence-electron chi connectivity index (χ3n) is 4.79. The number of halogens is 1. The highest BCUT2D eigenvalue weighted by Gasteiger charge is 2.30. The monoisotopic (exact) mass is 523 g/mol. The van der Waals surface area contributed by atoms with Gasteiger partial charge in [0.25, 0.3) is 0 Å². The van der Waals surface area contributed by atoms with Crippen molar-refractivity contribution in [3.05, 3.63) is 17.0 Å². The van der Waals surface area contributed by atoms with Crippen LogP contribution in [0.5, 0.6) is 0 Å². The molecule has 3 N–H and O–H groups in total. The van der Waals surface area contributed by atoms with Crippen molar-refractivity contribution in [3.63, 3.8) is 0 Å². The first-order valence-electron chi connectivity index (χ1n) is 9.93. The van der Waals surface area contributed by atoms with Crippen molar-refractivity contribution in [1.29, 1.82) is 0 Å². The van der Waals surface area contributed by atoms with Crippen LogP contribution in [-0.4, -0.2) is 48.5 Å². The van der Waals surface area contributed by atoms with E-state index in [0.29, 0.717) is 19.0 Å². The van der Waals surface area contributed by atoms with Crippen LogP contribution in [0.3, 0.4) is 0 Å². The third-order valence-corrected chi connectivity index (χ3v) is 4.79. The van der Waals surface area contributed by atoms with Gasteiger partial charge in [-0.2, -0.15) is 0 Å². The average molecular weight is 523 g/mol. The summed E-state index contributed by atoms with van der Waals surface area (Å²) in [5, 5.41) is 13.6. The van der Waals surface area contributed by atoms with E-state index in [4.69, 9.17) is 9.26 Å². The molecule has 0 aliphatic rings. The van der Waals surface area contributed by atoms with Crippen molar-refractivity contribution in [2.24, 2.45) is 4.99 Å². The van der Waals surface area contributed by atoms with Crippen molar-refractivity contribution < 1.29 is 14.1 Å². The van der Waals surface area contributed by atoms with Crippen molar-refractivity contribution in [3.8, 4) is 0 Å². The van der Waals surface area contributed by atoms with E-state index in [1.165, 1.54) is 0 Å². The Bertz CT molecular complexity index is 644. The van der Waals surface area contributed by atoms with E-state index in [0.717, 1.165) is 36.3 Å². The number of aromatic nitrogens is 1. The van der Waals surface area contributed by atoms with Crippen LogP contribution in [0.1, 0.15) is 64.5 Å². The van der Waals surface area contributed by atoms with Crippen LogP contribution < -0.4 is 16.0 Å². The molecular weight excluding hydrogens is 485 g/mol. The first-order valence-corrected chi connectivity index (χ1v) is 9.93. The van der Waals surface area contributed by atoms with Crippen molar-refractivity contribution >= 4 is 36.0 Å². The largest absolute Gasteiger partial charge is 0.444 e. The Hall–Kier alpha value is -1.52. The summed E-state index contributed by atoms with van der Waals surface area (Å²) < 4.78 is 10.6. The van der Waals surface area contributed by atoms with Gasteiger partial charge in [-0.1, -0.05) is 19.0 Å². The lowest BCUT2D eigenvalue weighted by atomic mass is 9.93. The van der Waals surface area contributed by atoms with Crippen LogP contribution in [-0.2, 0) is 11.2 Å². The van der Waals surface area contributed by atoms with E-state index >= 15 is 0 Å². The number of nitrogens with one attached hydrogen (secondary N) is 3. The molecule has 8 nitrogen and oxygen atoms in total. The van der Waals surface area contributed by atoms with Crippen LogP contribution >= 0.6 is 24.0 Å². The lowest BCUT2D eigenvalue weighted by molar-refractivity contribution is 0.0448. The molecular formula is C20H38IN5O3. The van der Waals surface area contributed by atoms with Crippen molar-refractivity contribution in [2.45, 2.75) is 78.9 Å². The van der Waals surface area contributed by atoms with E-state index in [1.54, 1.807) is 7.05 Å². The summed E-state index contributed by atoms with van der Waals surface area (Å²) in [6, 6.07) is 0. The molecule has 0 spiro atoms. The van der Waals surface area contributed by atoms with Crippen LogP contribution in [0.4, 0.5) is 4.79 Å². The second kappa shape index (κ2) is 12.2. The highest BCUT2D eigenvalue weighted by atomic mass is 127. The number of aliphatic imine (C=N–C) groups is 1. The fraction of sp³-hybridized carbons (Fsp3) is 0.750. The summed E-state index contributed by atoms with van der Waals surface area (Å²) in [4.78, 5) is 16.5. The van der Waals surface area contributed by atoms with Gasteiger partial charge in [-0.3, -0.25) is 4.99 Å². The van der Waals surface area contributed by atoms with Gasteiger partial charge >= 0.3 is 6.09 Å². The minimum atomic E-state index is -0.527. The number of ether oxygens (including phenoxy) is 1. The number of hydrogen-bond acceptors (Lipinski definition) is 5. The van der Waals surface area contributed by atoms with E-state index in [-0.39, 0.29) is 24.0 Å². The molecule has 0 aromatic carbocycles. The van der Waals surface area contributed by atoms with Crippen LogP contribution in [0.25, 0.3) is 0 Å². The van der Waals surface area contributed by atoms with Crippen molar-refractivity contribution in [1.82, 2.24) is 21.1 Å². The normalized spacial score (nSPS) is 12.2. The Labute approximate surface area is 192 Å². The Morgan fingerprint density at radius 2 is 1.79 bits per heavy atom. The molecule has 1 amide bonds. The molecule has 0 bridgehead atoms. The maximum Gasteiger partial charge on any atom is 0.408 e. The lowest BCUT2D eigenvalue weighted by Gasteiger charge is -2.34. The average Bonchev–Trinajstić information content (AvgIpc) is 2.93. The molecule has 1 aromatic heterocycles. The summed E-state index contributed by atoms with van der Waals surface area (Å²) >= 11 is 0. The topological polar surface area (TPSA) is 101 Å². The first-order chi connectivity index (χ1) is 13.1. The molecule has 168 valence electrons. The zero-order valence-corrected chi connectivity index (χ0v) is 21.4. The number of rotatable bonds is 8. The fourth-order valence-electron chi connectivity index (χ4n) is 2.88. The van der Waals surface area contributed by atoms with Gasteiger partial charge in [-0.15, -0.1) is 24.0 Å². The number of aryl methyl sites for hydroxylation is 2. The number of amides is 1. The summed E-state index contributed by atoms with van der Waals surface area (Å²) in [7, 11) is 1.73. The summed E-state index contributed by atoms with van der Waals surface area (Å²) in [5.74, 6) is 1.53. The predicted octanol–water partition coefficient (Wildman–Crippen LogP) is 3.70. The van der Waals surface area contributed by atoms with Gasteiger partial charge in [-0.25, -0.2) is 4.79 Å². The number of carbonyl (C=O) groups excluding carboxylic acids is 1. The first kappa shape index (κ1) is 27.5. The molecule has 29 heavy (non-hydrogen) atoms. The summed E-state index contributed by atoms with van der Waals surface area (Å²) in [5.41, 5.74) is 1.09. The van der Waals surface area contributed by atoms with E-state index in [1.807, 2.05) is 34.6 Å². The molecule has 1 rings (SSSR count). The second-order valence-electron chi connectivity index (χ2n) is 8.02. The molecule has 0 radical (unpaired) electrons. The summed E-state index contributed by atoms with van der Waals surface area (Å²) in [6.45, 7) is 14.8. The Morgan fingerprint density at radius 3 is 2.24 bits per heavy atom. The lowest BCUT2D eigenvalue weighted by Crippen LogP contribution is -2.57. The zero-order chi connectivity index (χ0) is 21.4. The highest BCUT2D eigenvalue weighted by molar-refractivity contribution is 14.0. The van der Waals surface area contributed by atoms with Gasteiger partial charge < -0.3 is 25.2 Å². The molecule has 0 unspecified atom stereocenters. The molecule has 1 heterocycles. The quantitative estimate of drug-likeness (QED) is 0.273. The number of nitrogens with zero attached hydrogens (tertiary/aromatic N) is 2. The number of alkyl carbamates (subject to hydrolysis) is 1. The molecule has 0 saturated carbocycles. The SMILES string of the molecule is CCC(CC)(CNC(=NC)NCCc1c(C)noc1C)NC(=O)OC(C)(C)C.I. The van der Waals surface area contributed by atoms with E-state index in [2.05, 4.69) is 39.9 Å². The molecule has 0 atom stereocenters. The van der Waals surface area contributed by atoms with E-state index < -0.39 is 17.2 Å². The number of hydrogen-bond donors (Lipinski definition) is 3. The molecule has 0 saturated heterocycles. The highest BCUT2D eigenvalue weighted by Crippen LogP contribution is 2.16. The summed E-state index contributed by atoms with van der Waals surface area (Å²) in [6.07, 6.45) is 1.93. The second-order valence-corrected chi connectivity index (χ2v) is 8.02. The van der Waals surface area contributed by atoms with E-state index in [9.17, 15) is 4.79 Å². The van der Waals surface area contributed by atoms with Gasteiger partial charge in [0, 0.05) is 25.7 Å². The molecule has 0 aliphatic carbocycles. The smallest absolute Gasteiger partial charge is 0.408 e. The zero-order valence-electron chi connectivity index (χ0n) is 19.1. The molecule has 0 fully saturated rings. The maximum atomic E-state index is 12.3.